The molecule has 23 heavy (non-hydrogen) atoms. The third-order valence-corrected chi connectivity index (χ3v) is 6.06. The van der Waals surface area contributed by atoms with Crippen molar-refractivity contribution in [3.8, 4) is 0 Å². The molecule has 2 aromatic carbocycles. The summed E-state index contributed by atoms with van der Waals surface area (Å²) >= 11 is 1.79. The van der Waals surface area contributed by atoms with Crippen LogP contribution in [0, 0.1) is 5.92 Å². The van der Waals surface area contributed by atoms with Crippen LogP contribution in [0.5, 0.6) is 0 Å². The Labute approximate surface area is 139 Å². The number of carbonyl (C=O) groups is 1. The molecule has 1 aromatic heterocycles. The summed E-state index contributed by atoms with van der Waals surface area (Å²) in [7, 11) is 0. The predicted octanol–water partition coefficient (Wildman–Crippen LogP) is 5.49. The second kappa shape index (κ2) is 5.20. The quantitative estimate of drug-likeness (QED) is 0.677. The maximum absolute atomic E-state index is 11.5. The lowest BCUT2D eigenvalue weighted by atomic mass is 9.80. The van der Waals surface area contributed by atoms with Crippen molar-refractivity contribution in [3.63, 3.8) is 0 Å². The normalized spacial score (nSPS) is 15.9. The zero-order valence-corrected chi connectivity index (χ0v) is 14.0. The number of benzene rings is 2. The molecule has 3 heteroatoms. The van der Waals surface area contributed by atoms with E-state index in [4.69, 9.17) is 0 Å². The van der Waals surface area contributed by atoms with Crippen molar-refractivity contribution in [1.29, 1.82) is 0 Å². The number of hydrogen-bond acceptors (Lipinski definition) is 2. The van der Waals surface area contributed by atoms with Gasteiger partial charge in [0.15, 0.2) is 0 Å². The minimum absolute atomic E-state index is 0.458. The second-order valence-electron chi connectivity index (χ2n) is 6.36. The Morgan fingerprint density at radius 3 is 2.70 bits per heavy atom. The van der Waals surface area contributed by atoms with Gasteiger partial charge in [0.1, 0.15) is 0 Å². The number of fused-ring (bicyclic) bond motifs is 4. The van der Waals surface area contributed by atoms with Gasteiger partial charge >= 0.3 is 5.97 Å². The van der Waals surface area contributed by atoms with Gasteiger partial charge in [-0.2, -0.15) is 0 Å². The number of thiophene rings is 1. The average molecular weight is 322 g/mol. The highest BCUT2D eigenvalue weighted by molar-refractivity contribution is 7.25. The van der Waals surface area contributed by atoms with Crippen molar-refractivity contribution in [2.75, 3.05) is 0 Å². The molecule has 0 radical (unpaired) electrons. The van der Waals surface area contributed by atoms with Gasteiger partial charge in [-0.1, -0.05) is 23.8 Å². The van der Waals surface area contributed by atoms with Crippen LogP contribution in [-0.2, 0) is 11.2 Å². The molecule has 116 valence electrons. The summed E-state index contributed by atoms with van der Waals surface area (Å²) in [5, 5.41) is 12.1. The smallest absolute Gasteiger partial charge is 0.310 e. The molecular weight excluding hydrogens is 304 g/mol. The zero-order valence-electron chi connectivity index (χ0n) is 13.2. The van der Waals surface area contributed by atoms with Crippen molar-refractivity contribution in [1.82, 2.24) is 0 Å². The van der Waals surface area contributed by atoms with Crippen LogP contribution < -0.4 is 0 Å². The Morgan fingerprint density at radius 1 is 1.13 bits per heavy atom. The van der Waals surface area contributed by atoms with Gasteiger partial charge in [0, 0.05) is 20.2 Å². The molecule has 0 amide bonds. The minimum atomic E-state index is -0.747. The predicted molar refractivity (Wildman–Crippen MR) is 97.0 cm³/mol. The number of rotatable bonds is 2. The molecule has 1 aliphatic carbocycles. The van der Waals surface area contributed by atoms with Gasteiger partial charge in [0.25, 0.3) is 0 Å². The molecular formula is C20H18O2S. The van der Waals surface area contributed by atoms with Crippen LogP contribution in [0.3, 0.4) is 0 Å². The topological polar surface area (TPSA) is 37.3 Å². The molecule has 1 N–H and O–H groups in total. The van der Waals surface area contributed by atoms with Gasteiger partial charge in [-0.15, -0.1) is 11.3 Å². The summed E-state index contributed by atoms with van der Waals surface area (Å²) in [6.07, 6.45) is 1.95. The van der Waals surface area contributed by atoms with E-state index in [9.17, 15) is 9.90 Å². The lowest BCUT2D eigenvalue weighted by Gasteiger charge is -2.24. The Bertz CT molecular complexity index is 978. The van der Waals surface area contributed by atoms with E-state index < -0.39 is 11.9 Å². The lowest BCUT2D eigenvalue weighted by molar-refractivity contribution is -0.139. The SMILES string of the molecule is CC1=C(C(C)C(=O)O)c2cc3sc4ccccc4c3cc2CC1. The molecule has 3 aromatic rings. The van der Waals surface area contributed by atoms with Crippen molar-refractivity contribution in [2.45, 2.75) is 26.7 Å². The first-order valence-corrected chi connectivity index (χ1v) is 8.75. The fourth-order valence-electron chi connectivity index (χ4n) is 3.69. The Hall–Kier alpha value is -2.13. The fraction of sp³-hybridized carbons (Fsp3) is 0.250. The van der Waals surface area contributed by atoms with E-state index in [2.05, 4.69) is 43.3 Å². The van der Waals surface area contributed by atoms with Gasteiger partial charge < -0.3 is 5.11 Å². The first-order chi connectivity index (χ1) is 11.1. The van der Waals surface area contributed by atoms with Crippen molar-refractivity contribution < 1.29 is 9.90 Å². The first kappa shape index (κ1) is 14.5. The minimum Gasteiger partial charge on any atom is -0.481 e. The van der Waals surface area contributed by atoms with Crippen LogP contribution in [0.15, 0.2) is 42.0 Å². The Kier molecular flexibility index (Phi) is 3.27. The van der Waals surface area contributed by atoms with Gasteiger partial charge in [-0.25, -0.2) is 0 Å². The van der Waals surface area contributed by atoms with Crippen LogP contribution in [0.2, 0.25) is 0 Å². The molecule has 0 saturated heterocycles. The van der Waals surface area contributed by atoms with Gasteiger partial charge in [-0.05, 0) is 61.6 Å². The number of aryl methyl sites for hydroxylation is 1. The van der Waals surface area contributed by atoms with E-state index in [1.54, 1.807) is 18.3 Å². The van der Waals surface area contributed by atoms with Crippen molar-refractivity contribution >= 4 is 43.1 Å². The largest absolute Gasteiger partial charge is 0.481 e. The van der Waals surface area contributed by atoms with E-state index in [0.717, 1.165) is 24.0 Å². The molecule has 0 fully saturated rings. The molecule has 1 atom stereocenters. The summed E-state index contributed by atoms with van der Waals surface area (Å²) < 4.78 is 2.54. The van der Waals surface area contributed by atoms with Gasteiger partial charge in [0.05, 0.1) is 5.92 Å². The highest BCUT2D eigenvalue weighted by Gasteiger charge is 2.26. The number of carboxylic acid groups (broad SMARTS) is 1. The van der Waals surface area contributed by atoms with E-state index in [1.165, 1.54) is 31.3 Å². The highest BCUT2D eigenvalue weighted by Crippen LogP contribution is 2.42. The molecule has 4 rings (SSSR count). The Morgan fingerprint density at radius 2 is 1.91 bits per heavy atom. The molecule has 0 saturated carbocycles. The van der Waals surface area contributed by atoms with E-state index in [0.29, 0.717) is 0 Å². The number of hydrogen-bond donors (Lipinski definition) is 1. The van der Waals surface area contributed by atoms with Crippen LogP contribution in [0.25, 0.3) is 25.7 Å². The first-order valence-electron chi connectivity index (χ1n) is 7.93. The number of carboxylic acids is 1. The molecule has 1 unspecified atom stereocenters. The zero-order chi connectivity index (χ0) is 16.1. The maximum Gasteiger partial charge on any atom is 0.310 e. The van der Waals surface area contributed by atoms with Crippen molar-refractivity contribution in [2.24, 2.45) is 5.92 Å². The monoisotopic (exact) mass is 322 g/mol. The standard InChI is InChI=1S/C20H18O2S/c1-11-7-8-13-9-16-14-5-3-4-6-17(14)23-18(16)10-15(13)19(11)12(2)20(21)22/h3-6,9-10,12H,7-8H2,1-2H3,(H,21,22). The fourth-order valence-corrected chi connectivity index (χ4v) is 4.81. The molecule has 1 heterocycles. The van der Waals surface area contributed by atoms with Crippen molar-refractivity contribution in [3.05, 3.63) is 53.1 Å². The van der Waals surface area contributed by atoms with Crippen LogP contribution in [0.4, 0.5) is 0 Å². The molecule has 2 nitrogen and oxygen atoms in total. The summed E-state index contributed by atoms with van der Waals surface area (Å²) in [6, 6.07) is 13.0. The third-order valence-electron chi connectivity index (χ3n) is 4.93. The summed E-state index contributed by atoms with van der Waals surface area (Å²) in [4.78, 5) is 11.5. The van der Waals surface area contributed by atoms with Crippen LogP contribution >= 0.6 is 11.3 Å². The number of aliphatic carboxylic acids is 1. The lowest BCUT2D eigenvalue weighted by Crippen LogP contribution is -2.16. The van der Waals surface area contributed by atoms with E-state index in [1.807, 2.05) is 0 Å². The third kappa shape index (κ3) is 2.19. The van der Waals surface area contributed by atoms with Gasteiger partial charge in [-0.3, -0.25) is 4.79 Å². The Balaban J connectivity index is 2.00. The molecule has 0 spiro atoms. The van der Waals surface area contributed by atoms with E-state index in [-0.39, 0.29) is 0 Å². The highest BCUT2D eigenvalue weighted by atomic mass is 32.1. The molecule has 1 aliphatic rings. The second-order valence-corrected chi connectivity index (χ2v) is 7.44. The van der Waals surface area contributed by atoms with Gasteiger partial charge in [0.2, 0.25) is 0 Å². The van der Waals surface area contributed by atoms with Crippen LogP contribution in [-0.4, -0.2) is 11.1 Å². The number of allylic oxidation sites excluding steroid dienone is 1. The van der Waals surface area contributed by atoms with Crippen LogP contribution in [0.1, 0.15) is 31.4 Å². The molecule has 0 aliphatic heterocycles. The summed E-state index contributed by atoms with van der Waals surface area (Å²) in [6.45, 7) is 3.87. The summed E-state index contributed by atoms with van der Waals surface area (Å²) in [5.41, 5.74) is 4.66. The average Bonchev–Trinajstić information content (AvgIpc) is 2.90. The molecule has 0 bridgehead atoms. The van der Waals surface area contributed by atoms with E-state index >= 15 is 0 Å². The maximum atomic E-state index is 11.5. The summed E-state index contributed by atoms with van der Waals surface area (Å²) in [5.74, 6) is -1.20.